The van der Waals surface area contributed by atoms with Gasteiger partial charge in [0.25, 0.3) is 0 Å². The van der Waals surface area contributed by atoms with E-state index in [1.54, 1.807) is 6.33 Å². The number of ether oxygens (including phenoxy) is 1. The number of aryl methyl sites for hydroxylation is 1. The van der Waals surface area contributed by atoms with E-state index >= 15 is 0 Å². The molecule has 0 saturated heterocycles. The first-order valence-corrected chi connectivity index (χ1v) is 9.85. The van der Waals surface area contributed by atoms with Crippen LogP contribution < -0.4 is 15.4 Å². The Morgan fingerprint density at radius 2 is 2.11 bits per heavy atom. The standard InChI is InChI=1S/C20H28N6O.HI/c1-3-21-19(22-13-18-25-23-14-26(18)2)24-16-12-20(10-6-7-11-20)27-17-9-5-4-8-15(16)17;/h4-5,8-9,14,16H,3,6-7,10-13H2,1-2H3,(H2,21,22,24);1H. The number of hydrogen-bond donors (Lipinski definition) is 2. The minimum absolute atomic E-state index is 0. The summed E-state index contributed by atoms with van der Waals surface area (Å²) < 4.78 is 8.36. The molecule has 0 bridgehead atoms. The van der Waals surface area contributed by atoms with Crippen molar-refractivity contribution in [2.75, 3.05) is 6.54 Å². The monoisotopic (exact) mass is 496 g/mol. The molecule has 1 fully saturated rings. The molecule has 4 rings (SSSR count). The van der Waals surface area contributed by atoms with Gasteiger partial charge in [-0.1, -0.05) is 18.2 Å². The second-order valence-corrected chi connectivity index (χ2v) is 7.48. The fourth-order valence-corrected chi connectivity index (χ4v) is 4.16. The molecular weight excluding hydrogens is 467 g/mol. The summed E-state index contributed by atoms with van der Waals surface area (Å²) in [4.78, 5) is 4.73. The second kappa shape index (κ2) is 9.11. The van der Waals surface area contributed by atoms with Gasteiger partial charge in [0.2, 0.25) is 0 Å². The van der Waals surface area contributed by atoms with E-state index in [0.717, 1.165) is 43.3 Å². The molecule has 1 unspecified atom stereocenters. The number of nitrogens with one attached hydrogen (secondary N) is 2. The van der Waals surface area contributed by atoms with Gasteiger partial charge in [-0.15, -0.1) is 34.2 Å². The SMILES string of the molecule is CCNC(=NCc1nncn1C)NC1CC2(CCCC2)Oc2ccccc21.I. The Morgan fingerprint density at radius 3 is 2.82 bits per heavy atom. The maximum Gasteiger partial charge on any atom is 0.192 e. The molecule has 1 aliphatic carbocycles. The maximum absolute atomic E-state index is 6.46. The van der Waals surface area contributed by atoms with Gasteiger partial charge >= 0.3 is 0 Å². The lowest BCUT2D eigenvalue weighted by Gasteiger charge is -2.40. The third kappa shape index (κ3) is 4.42. The highest BCUT2D eigenvalue weighted by atomic mass is 127. The molecule has 2 aliphatic rings. The molecule has 2 heterocycles. The molecule has 8 heteroatoms. The third-order valence-corrected chi connectivity index (χ3v) is 5.55. The van der Waals surface area contributed by atoms with Crippen molar-refractivity contribution < 1.29 is 4.74 Å². The van der Waals surface area contributed by atoms with Crippen LogP contribution >= 0.6 is 24.0 Å². The number of rotatable bonds is 4. The Balaban J connectivity index is 0.00000225. The minimum Gasteiger partial charge on any atom is -0.487 e. The molecule has 2 aromatic rings. The molecule has 1 atom stereocenters. The summed E-state index contributed by atoms with van der Waals surface area (Å²) in [5.41, 5.74) is 1.17. The highest BCUT2D eigenvalue weighted by Gasteiger charge is 2.43. The van der Waals surface area contributed by atoms with Crippen LogP contribution in [0.25, 0.3) is 0 Å². The Hall–Kier alpha value is -1.84. The van der Waals surface area contributed by atoms with Gasteiger partial charge in [-0.05, 0) is 38.7 Å². The molecule has 1 aromatic carbocycles. The highest BCUT2D eigenvalue weighted by molar-refractivity contribution is 14.0. The summed E-state index contributed by atoms with van der Waals surface area (Å²) in [6, 6.07) is 8.56. The first-order valence-electron chi connectivity index (χ1n) is 9.85. The van der Waals surface area contributed by atoms with E-state index in [4.69, 9.17) is 9.73 Å². The van der Waals surface area contributed by atoms with Gasteiger partial charge < -0.3 is 19.9 Å². The van der Waals surface area contributed by atoms with E-state index in [-0.39, 0.29) is 35.6 Å². The van der Waals surface area contributed by atoms with Crippen LogP contribution in [0.1, 0.15) is 56.5 Å². The zero-order valence-corrected chi connectivity index (χ0v) is 18.8. The summed E-state index contributed by atoms with van der Waals surface area (Å²) in [7, 11) is 1.93. The molecule has 7 nitrogen and oxygen atoms in total. The quantitative estimate of drug-likeness (QED) is 0.386. The third-order valence-electron chi connectivity index (χ3n) is 5.55. The molecule has 152 valence electrons. The molecule has 1 saturated carbocycles. The zero-order valence-electron chi connectivity index (χ0n) is 16.5. The van der Waals surface area contributed by atoms with Crippen LogP contribution in [0.15, 0.2) is 35.6 Å². The summed E-state index contributed by atoms with van der Waals surface area (Å²) in [5, 5.41) is 15.1. The molecule has 1 aromatic heterocycles. The maximum atomic E-state index is 6.46. The van der Waals surface area contributed by atoms with Gasteiger partial charge in [0.05, 0.1) is 6.04 Å². The van der Waals surface area contributed by atoms with Crippen molar-refractivity contribution in [3.05, 3.63) is 42.0 Å². The predicted molar refractivity (Wildman–Crippen MR) is 120 cm³/mol. The Kier molecular flexibility index (Phi) is 6.79. The van der Waals surface area contributed by atoms with Crippen LogP contribution in [0.3, 0.4) is 0 Å². The second-order valence-electron chi connectivity index (χ2n) is 7.48. The smallest absolute Gasteiger partial charge is 0.192 e. The number of para-hydroxylation sites is 1. The van der Waals surface area contributed by atoms with Gasteiger partial charge in [-0.3, -0.25) is 0 Å². The number of aliphatic imine (C=N–C) groups is 1. The average molecular weight is 496 g/mol. The lowest BCUT2D eigenvalue weighted by molar-refractivity contribution is 0.0396. The van der Waals surface area contributed by atoms with E-state index in [1.165, 1.54) is 18.4 Å². The Bertz CT molecular complexity index is 815. The van der Waals surface area contributed by atoms with Gasteiger partial charge in [0.15, 0.2) is 11.8 Å². The molecular formula is C20H29IN6O. The van der Waals surface area contributed by atoms with E-state index in [0.29, 0.717) is 6.54 Å². The van der Waals surface area contributed by atoms with Crippen LogP contribution in [0.4, 0.5) is 0 Å². The molecule has 28 heavy (non-hydrogen) atoms. The van der Waals surface area contributed by atoms with E-state index in [1.807, 2.05) is 11.6 Å². The van der Waals surface area contributed by atoms with E-state index in [2.05, 4.69) is 52.0 Å². The first kappa shape index (κ1) is 20.9. The van der Waals surface area contributed by atoms with Crippen molar-refractivity contribution >= 4 is 29.9 Å². The van der Waals surface area contributed by atoms with Gasteiger partial charge in [-0.25, -0.2) is 4.99 Å². The largest absolute Gasteiger partial charge is 0.487 e. The number of guanidine groups is 1. The topological polar surface area (TPSA) is 76.4 Å². The lowest BCUT2D eigenvalue weighted by atomic mass is 9.86. The number of benzene rings is 1. The molecule has 0 amide bonds. The van der Waals surface area contributed by atoms with Gasteiger partial charge in [0, 0.05) is 25.6 Å². The van der Waals surface area contributed by atoms with Crippen LogP contribution in [0, 0.1) is 0 Å². The predicted octanol–water partition coefficient (Wildman–Crippen LogP) is 3.32. The molecule has 1 spiro atoms. The molecule has 1 aliphatic heterocycles. The fraction of sp³-hybridized carbons (Fsp3) is 0.550. The van der Waals surface area contributed by atoms with Gasteiger partial charge in [-0.2, -0.15) is 0 Å². The summed E-state index contributed by atoms with van der Waals surface area (Å²) >= 11 is 0. The summed E-state index contributed by atoms with van der Waals surface area (Å²) in [5.74, 6) is 2.65. The van der Waals surface area contributed by atoms with Crippen LogP contribution in [-0.2, 0) is 13.6 Å². The normalized spacial score (nSPS) is 20.2. The Labute approximate surface area is 183 Å². The van der Waals surface area contributed by atoms with Crippen molar-refractivity contribution in [1.82, 2.24) is 25.4 Å². The Morgan fingerprint density at radius 1 is 1.32 bits per heavy atom. The van der Waals surface area contributed by atoms with Crippen molar-refractivity contribution in [1.29, 1.82) is 0 Å². The van der Waals surface area contributed by atoms with Crippen LogP contribution in [-0.4, -0.2) is 32.9 Å². The number of fused-ring (bicyclic) bond motifs is 1. The van der Waals surface area contributed by atoms with Crippen molar-refractivity contribution in [2.24, 2.45) is 12.0 Å². The van der Waals surface area contributed by atoms with E-state index < -0.39 is 0 Å². The number of aromatic nitrogens is 3. The number of nitrogens with zero attached hydrogens (tertiary/aromatic N) is 4. The zero-order chi connectivity index (χ0) is 18.7. The van der Waals surface area contributed by atoms with Gasteiger partial charge in [0.1, 0.15) is 24.2 Å². The first-order chi connectivity index (χ1) is 13.2. The lowest BCUT2D eigenvalue weighted by Crippen LogP contribution is -2.46. The van der Waals surface area contributed by atoms with Crippen molar-refractivity contribution in [2.45, 2.75) is 57.2 Å². The summed E-state index contributed by atoms with van der Waals surface area (Å²) in [6.45, 7) is 3.37. The molecule has 2 N–H and O–H groups in total. The number of hydrogen-bond acceptors (Lipinski definition) is 4. The molecule has 0 radical (unpaired) electrons. The highest BCUT2D eigenvalue weighted by Crippen LogP contribution is 2.46. The van der Waals surface area contributed by atoms with E-state index in [9.17, 15) is 0 Å². The summed E-state index contributed by atoms with van der Waals surface area (Å²) in [6.07, 6.45) is 7.42. The number of halogens is 1. The van der Waals surface area contributed by atoms with Crippen LogP contribution in [0.2, 0.25) is 0 Å². The minimum atomic E-state index is -0.0348. The fourth-order valence-electron chi connectivity index (χ4n) is 4.16. The van der Waals surface area contributed by atoms with Crippen molar-refractivity contribution in [3.8, 4) is 5.75 Å². The van der Waals surface area contributed by atoms with Crippen LogP contribution in [0.5, 0.6) is 5.75 Å². The average Bonchev–Trinajstić information content (AvgIpc) is 3.29. The van der Waals surface area contributed by atoms with Crippen molar-refractivity contribution in [3.63, 3.8) is 0 Å².